The molecule has 0 radical (unpaired) electrons. The molecule has 0 saturated carbocycles. The van der Waals surface area contributed by atoms with Gasteiger partial charge in [-0.1, -0.05) is 6.07 Å². The zero-order chi connectivity index (χ0) is 26.3. The lowest BCUT2D eigenvalue weighted by Gasteiger charge is -2.35. The lowest BCUT2D eigenvalue weighted by atomic mass is 9.99. The summed E-state index contributed by atoms with van der Waals surface area (Å²) in [6.07, 6.45) is -0.728. The molecule has 35 heavy (non-hydrogen) atoms. The molecule has 0 fully saturated rings. The fraction of sp³-hybridized carbons (Fsp3) is 0.423. The number of phenolic OH excluding ortho intramolecular Hbond substituents is 1. The molecular weight excluding hydrogens is 450 g/mol. The van der Waals surface area contributed by atoms with Gasteiger partial charge in [0.25, 0.3) is 5.91 Å². The Morgan fingerprint density at radius 1 is 1.06 bits per heavy atom. The van der Waals surface area contributed by atoms with Gasteiger partial charge in [0.2, 0.25) is 5.91 Å². The molecule has 0 aliphatic rings. The average Bonchev–Trinajstić information content (AvgIpc) is 2.76. The van der Waals surface area contributed by atoms with Gasteiger partial charge < -0.3 is 30.1 Å². The van der Waals surface area contributed by atoms with Crippen LogP contribution in [-0.4, -0.2) is 53.2 Å². The van der Waals surface area contributed by atoms with Crippen molar-refractivity contribution in [3.05, 3.63) is 53.6 Å². The van der Waals surface area contributed by atoms with E-state index in [-0.39, 0.29) is 18.3 Å². The summed E-state index contributed by atoms with van der Waals surface area (Å²) in [7, 11) is 1.55. The van der Waals surface area contributed by atoms with Crippen LogP contribution in [0, 0.1) is 6.92 Å². The van der Waals surface area contributed by atoms with Crippen molar-refractivity contribution in [1.29, 1.82) is 0 Å². The van der Waals surface area contributed by atoms with Crippen molar-refractivity contribution in [2.45, 2.75) is 59.2 Å². The zero-order valence-corrected chi connectivity index (χ0v) is 21.3. The summed E-state index contributed by atoms with van der Waals surface area (Å²) < 4.78 is 10.4. The average molecular weight is 486 g/mol. The molecule has 190 valence electrons. The van der Waals surface area contributed by atoms with Crippen molar-refractivity contribution >= 4 is 23.6 Å². The van der Waals surface area contributed by atoms with Crippen LogP contribution in [0.1, 0.15) is 51.8 Å². The molecule has 2 rings (SSSR count). The Balaban J connectivity index is 2.37. The second-order valence-corrected chi connectivity index (χ2v) is 9.42. The Hall–Kier alpha value is -3.75. The highest BCUT2D eigenvalue weighted by Crippen LogP contribution is 2.29. The summed E-state index contributed by atoms with van der Waals surface area (Å²) >= 11 is 0. The highest BCUT2D eigenvalue weighted by molar-refractivity contribution is 5.98. The largest absolute Gasteiger partial charge is 0.508 e. The number of aromatic hydroxyl groups is 1. The number of aryl methyl sites for hydroxylation is 1. The number of alkyl carbamates (subject to hydrolysis) is 1. The van der Waals surface area contributed by atoms with E-state index in [4.69, 9.17) is 9.47 Å². The molecule has 1 unspecified atom stereocenters. The van der Waals surface area contributed by atoms with Crippen LogP contribution in [0.5, 0.6) is 11.5 Å². The van der Waals surface area contributed by atoms with E-state index in [1.807, 2.05) is 0 Å². The lowest BCUT2D eigenvalue weighted by Crippen LogP contribution is -2.49. The van der Waals surface area contributed by atoms with Gasteiger partial charge in [0, 0.05) is 11.7 Å². The second kappa shape index (κ2) is 11.6. The van der Waals surface area contributed by atoms with Crippen LogP contribution in [0.25, 0.3) is 0 Å². The monoisotopic (exact) mass is 485 g/mol. The van der Waals surface area contributed by atoms with Crippen LogP contribution in [0.4, 0.5) is 10.5 Å². The maximum absolute atomic E-state index is 13.5. The van der Waals surface area contributed by atoms with Crippen molar-refractivity contribution in [1.82, 2.24) is 10.2 Å². The third-order valence-electron chi connectivity index (χ3n) is 5.05. The van der Waals surface area contributed by atoms with E-state index >= 15 is 0 Å². The van der Waals surface area contributed by atoms with E-state index in [1.165, 1.54) is 11.0 Å². The minimum Gasteiger partial charge on any atom is -0.508 e. The Labute approximate surface area is 206 Å². The predicted molar refractivity (Wildman–Crippen MR) is 133 cm³/mol. The van der Waals surface area contributed by atoms with Gasteiger partial charge in [0.05, 0.1) is 7.11 Å². The number of ether oxygens (including phenoxy) is 2. The van der Waals surface area contributed by atoms with Crippen LogP contribution >= 0.6 is 0 Å². The molecule has 3 amide bonds. The summed E-state index contributed by atoms with van der Waals surface area (Å²) in [6, 6.07) is 10.2. The minimum atomic E-state index is -1.02. The number of hydrogen-bond donors (Lipinski definition) is 3. The Kier molecular flexibility index (Phi) is 9.11. The van der Waals surface area contributed by atoms with Gasteiger partial charge in [-0.2, -0.15) is 0 Å². The molecule has 9 heteroatoms. The van der Waals surface area contributed by atoms with Crippen LogP contribution in [0.3, 0.4) is 0 Å². The summed E-state index contributed by atoms with van der Waals surface area (Å²) in [6.45, 7) is 10.1. The maximum Gasteiger partial charge on any atom is 0.408 e. The van der Waals surface area contributed by atoms with Crippen LogP contribution in [-0.2, 0) is 14.3 Å². The quantitative estimate of drug-likeness (QED) is 0.517. The van der Waals surface area contributed by atoms with Crippen molar-refractivity contribution in [2.24, 2.45) is 0 Å². The van der Waals surface area contributed by atoms with Crippen molar-refractivity contribution in [3.63, 3.8) is 0 Å². The molecule has 9 nitrogen and oxygen atoms in total. The van der Waals surface area contributed by atoms with Crippen LogP contribution in [0.15, 0.2) is 42.5 Å². The molecule has 2 aromatic rings. The van der Waals surface area contributed by atoms with Crippen molar-refractivity contribution in [2.75, 3.05) is 19.0 Å². The Bertz CT molecular complexity index is 1040. The Morgan fingerprint density at radius 2 is 1.69 bits per heavy atom. The van der Waals surface area contributed by atoms with Crippen molar-refractivity contribution in [3.8, 4) is 11.5 Å². The molecule has 1 atom stereocenters. The summed E-state index contributed by atoms with van der Waals surface area (Å²) in [5.41, 5.74) is 0.896. The third kappa shape index (κ3) is 7.91. The SMILES string of the molecule is COc1ccc(NC(=O)C(c2ccc(O)c(C)c2)N(C(=O)CNC(=O)OC(C)(C)C)C(C)C)cc1. The predicted octanol–water partition coefficient (Wildman–Crippen LogP) is 4.15. The fourth-order valence-electron chi connectivity index (χ4n) is 3.46. The van der Waals surface area contributed by atoms with Gasteiger partial charge in [-0.15, -0.1) is 0 Å². The first kappa shape index (κ1) is 27.5. The standard InChI is InChI=1S/C26H35N3O6/c1-16(2)29(22(31)15-27-25(33)35-26(4,5)6)23(18-8-13-21(30)17(3)14-18)24(32)28-19-9-11-20(34-7)12-10-19/h8-14,16,23,30H,15H2,1-7H3,(H,27,33)(H,28,32). The number of anilines is 1. The molecule has 0 aliphatic carbocycles. The lowest BCUT2D eigenvalue weighted by molar-refractivity contribution is -0.140. The number of phenols is 1. The first-order valence-corrected chi connectivity index (χ1v) is 11.3. The number of nitrogens with zero attached hydrogens (tertiary/aromatic N) is 1. The zero-order valence-electron chi connectivity index (χ0n) is 21.3. The molecule has 2 aromatic carbocycles. The molecule has 3 N–H and O–H groups in total. The van der Waals surface area contributed by atoms with E-state index in [9.17, 15) is 19.5 Å². The van der Waals surface area contributed by atoms with Gasteiger partial charge in [0.15, 0.2) is 0 Å². The number of rotatable bonds is 8. The minimum absolute atomic E-state index is 0.0806. The van der Waals surface area contributed by atoms with Gasteiger partial charge >= 0.3 is 6.09 Å². The molecular formula is C26H35N3O6. The Morgan fingerprint density at radius 3 is 2.20 bits per heavy atom. The second-order valence-electron chi connectivity index (χ2n) is 9.42. The number of benzene rings is 2. The maximum atomic E-state index is 13.5. The highest BCUT2D eigenvalue weighted by atomic mass is 16.6. The first-order valence-electron chi connectivity index (χ1n) is 11.3. The molecule has 0 aromatic heterocycles. The van der Waals surface area contributed by atoms with Crippen molar-refractivity contribution < 1.29 is 29.0 Å². The van der Waals surface area contributed by atoms with Gasteiger partial charge in [-0.25, -0.2) is 4.79 Å². The number of nitrogens with one attached hydrogen (secondary N) is 2. The third-order valence-corrected chi connectivity index (χ3v) is 5.05. The number of amides is 3. The molecule has 0 bridgehead atoms. The van der Waals surface area contributed by atoms with Crippen LogP contribution < -0.4 is 15.4 Å². The molecule has 0 spiro atoms. The molecule has 0 saturated heterocycles. The van der Waals surface area contributed by atoms with E-state index in [0.29, 0.717) is 22.6 Å². The smallest absolute Gasteiger partial charge is 0.408 e. The highest BCUT2D eigenvalue weighted by Gasteiger charge is 2.34. The topological polar surface area (TPSA) is 117 Å². The van der Waals surface area contributed by atoms with Gasteiger partial charge in [-0.05, 0) is 89.1 Å². The molecule has 0 heterocycles. The van der Waals surface area contributed by atoms with E-state index in [0.717, 1.165) is 0 Å². The summed E-state index contributed by atoms with van der Waals surface area (Å²) in [4.78, 5) is 40.3. The normalized spacial score (nSPS) is 12.0. The first-order chi connectivity index (χ1) is 16.3. The number of carbonyl (C=O) groups is 3. The molecule has 0 aliphatic heterocycles. The van der Waals surface area contributed by atoms with Gasteiger partial charge in [0.1, 0.15) is 29.7 Å². The van der Waals surface area contributed by atoms with Gasteiger partial charge in [-0.3, -0.25) is 9.59 Å². The summed E-state index contributed by atoms with van der Waals surface area (Å²) in [5.74, 6) is -0.191. The van der Waals surface area contributed by atoms with E-state index in [1.54, 1.807) is 85.1 Å². The number of carbonyl (C=O) groups excluding carboxylic acids is 3. The fourth-order valence-corrected chi connectivity index (χ4v) is 3.46. The van der Waals surface area contributed by atoms with Crippen LogP contribution in [0.2, 0.25) is 0 Å². The van der Waals surface area contributed by atoms with E-state index in [2.05, 4.69) is 10.6 Å². The van der Waals surface area contributed by atoms with E-state index < -0.39 is 29.6 Å². The number of methoxy groups -OCH3 is 1. The number of hydrogen-bond acceptors (Lipinski definition) is 6. The summed E-state index contributed by atoms with van der Waals surface area (Å²) in [5, 5.41) is 15.3.